The van der Waals surface area contributed by atoms with Gasteiger partial charge >= 0.3 is 0 Å². The van der Waals surface area contributed by atoms with Crippen molar-refractivity contribution < 1.29 is 4.79 Å². The summed E-state index contributed by atoms with van der Waals surface area (Å²) in [7, 11) is 0. The summed E-state index contributed by atoms with van der Waals surface area (Å²) in [4.78, 5) is 12.5. The summed E-state index contributed by atoms with van der Waals surface area (Å²) in [5.41, 5.74) is 4.26. The lowest BCUT2D eigenvalue weighted by Gasteiger charge is -2.12. The molecule has 122 valence electrons. The number of aromatic nitrogens is 1. The molecular weight excluding hydrogens is 284 g/mol. The molecule has 1 aliphatic rings. The number of nitrogens with zero attached hydrogens (tertiary/aromatic N) is 1. The Morgan fingerprint density at radius 2 is 1.87 bits per heavy atom. The van der Waals surface area contributed by atoms with E-state index in [-0.39, 0.29) is 5.91 Å². The Balaban J connectivity index is 1.70. The zero-order valence-electron chi connectivity index (χ0n) is 14.1. The maximum Gasteiger partial charge on any atom is 0.253 e. The molecular formula is C20H26N2O. The molecule has 0 spiro atoms. The summed E-state index contributed by atoms with van der Waals surface area (Å²) in [5.74, 6) is 0.746. The largest absolute Gasteiger partial charge is 0.352 e. The monoisotopic (exact) mass is 310 g/mol. The highest BCUT2D eigenvalue weighted by Gasteiger charge is 2.19. The van der Waals surface area contributed by atoms with Crippen LogP contribution < -0.4 is 5.32 Å². The van der Waals surface area contributed by atoms with Crippen molar-refractivity contribution >= 4 is 5.91 Å². The van der Waals surface area contributed by atoms with Crippen molar-refractivity contribution in [3.63, 3.8) is 0 Å². The fraction of sp³-hybridized carbons (Fsp3) is 0.450. The topological polar surface area (TPSA) is 34.0 Å². The van der Waals surface area contributed by atoms with Gasteiger partial charge in [0, 0.05) is 24.5 Å². The van der Waals surface area contributed by atoms with E-state index in [1.54, 1.807) is 0 Å². The van der Waals surface area contributed by atoms with E-state index in [9.17, 15) is 4.79 Å². The number of amides is 1. The summed E-state index contributed by atoms with van der Waals surface area (Å²) in [5, 5.41) is 3.13. The van der Waals surface area contributed by atoms with Gasteiger partial charge in [-0.3, -0.25) is 4.79 Å². The molecule has 3 heteroatoms. The van der Waals surface area contributed by atoms with Crippen molar-refractivity contribution in [3.05, 3.63) is 58.9 Å². The molecule has 3 rings (SSSR count). The van der Waals surface area contributed by atoms with Crippen LogP contribution in [0.3, 0.4) is 0 Å². The van der Waals surface area contributed by atoms with E-state index in [1.807, 2.05) is 19.1 Å². The molecule has 1 N–H and O–H groups in total. The number of benzene rings is 1. The van der Waals surface area contributed by atoms with Gasteiger partial charge in [-0.25, -0.2) is 0 Å². The number of rotatable bonds is 5. The summed E-state index contributed by atoms with van der Waals surface area (Å²) < 4.78 is 2.22. The zero-order valence-corrected chi connectivity index (χ0v) is 14.1. The summed E-state index contributed by atoms with van der Waals surface area (Å²) in [6.45, 7) is 5.75. The Bertz CT molecular complexity index is 666. The van der Waals surface area contributed by atoms with E-state index in [1.165, 1.54) is 31.2 Å². The van der Waals surface area contributed by atoms with Crippen LogP contribution >= 0.6 is 0 Å². The standard InChI is InChI=1S/C20H26N2O/c1-15-12-19(20(23)21-13-17-8-6-7-9-17)16(2)22(15)14-18-10-4-3-5-11-18/h3-5,10-12,17H,6-9,13-14H2,1-2H3,(H,21,23). The minimum absolute atomic E-state index is 0.0734. The molecule has 1 aliphatic carbocycles. The first-order chi connectivity index (χ1) is 11.1. The molecule has 1 aromatic carbocycles. The average Bonchev–Trinajstić information content (AvgIpc) is 3.17. The first-order valence-corrected chi connectivity index (χ1v) is 8.64. The molecule has 0 radical (unpaired) electrons. The fourth-order valence-electron chi connectivity index (χ4n) is 3.59. The second-order valence-electron chi connectivity index (χ2n) is 6.72. The van der Waals surface area contributed by atoms with Crippen LogP contribution in [0.2, 0.25) is 0 Å². The zero-order chi connectivity index (χ0) is 16.2. The Labute approximate surface area is 138 Å². The van der Waals surface area contributed by atoms with Crippen molar-refractivity contribution in [1.29, 1.82) is 0 Å². The SMILES string of the molecule is Cc1cc(C(=O)NCC2CCCC2)c(C)n1Cc1ccccc1. The van der Waals surface area contributed by atoms with Gasteiger partial charge < -0.3 is 9.88 Å². The van der Waals surface area contributed by atoms with Gasteiger partial charge in [0.15, 0.2) is 0 Å². The minimum Gasteiger partial charge on any atom is -0.352 e. The molecule has 0 unspecified atom stereocenters. The van der Waals surface area contributed by atoms with Crippen LogP contribution in [0.1, 0.15) is 53.0 Å². The second kappa shape index (κ2) is 7.03. The van der Waals surface area contributed by atoms with Crippen molar-refractivity contribution in [1.82, 2.24) is 9.88 Å². The minimum atomic E-state index is 0.0734. The van der Waals surface area contributed by atoms with Crippen LogP contribution in [-0.4, -0.2) is 17.0 Å². The van der Waals surface area contributed by atoms with Crippen LogP contribution in [0.15, 0.2) is 36.4 Å². The number of carbonyl (C=O) groups excluding carboxylic acids is 1. The molecule has 0 bridgehead atoms. The average molecular weight is 310 g/mol. The van der Waals surface area contributed by atoms with Gasteiger partial charge in [0.05, 0.1) is 5.56 Å². The summed E-state index contributed by atoms with van der Waals surface area (Å²) >= 11 is 0. The molecule has 0 aliphatic heterocycles. The first-order valence-electron chi connectivity index (χ1n) is 8.64. The van der Waals surface area contributed by atoms with Crippen LogP contribution in [-0.2, 0) is 6.54 Å². The maximum absolute atomic E-state index is 12.5. The molecule has 23 heavy (non-hydrogen) atoms. The van der Waals surface area contributed by atoms with Gasteiger partial charge in [0.2, 0.25) is 0 Å². The Morgan fingerprint density at radius 3 is 2.57 bits per heavy atom. The molecule has 3 nitrogen and oxygen atoms in total. The van der Waals surface area contributed by atoms with Crippen molar-refractivity contribution in [2.24, 2.45) is 5.92 Å². The number of aryl methyl sites for hydroxylation is 1. The van der Waals surface area contributed by atoms with Crippen LogP contribution in [0.25, 0.3) is 0 Å². The molecule has 1 heterocycles. The molecule has 0 saturated heterocycles. The van der Waals surface area contributed by atoms with Gasteiger partial charge in [0.1, 0.15) is 0 Å². The predicted molar refractivity (Wildman–Crippen MR) is 93.7 cm³/mol. The number of carbonyl (C=O) groups is 1. The van der Waals surface area contributed by atoms with Crippen molar-refractivity contribution in [2.45, 2.75) is 46.1 Å². The fourth-order valence-corrected chi connectivity index (χ4v) is 3.59. The Morgan fingerprint density at radius 1 is 1.17 bits per heavy atom. The molecule has 1 saturated carbocycles. The lowest BCUT2D eigenvalue weighted by molar-refractivity contribution is 0.0946. The van der Waals surface area contributed by atoms with Gasteiger partial charge in [-0.1, -0.05) is 43.2 Å². The van der Waals surface area contributed by atoms with Crippen LogP contribution in [0, 0.1) is 19.8 Å². The molecule has 1 fully saturated rings. The normalized spacial score (nSPS) is 15.0. The Kier molecular flexibility index (Phi) is 4.85. The molecule has 2 aromatic rings. The van der Waals surface area contributed by atoms with E-state index < -0.39 is 0 Å². The van der Waals surface area contributed by atoms with Gasteiger partial charge in [-0.15, -0.1) is 0 Å². The first kappa shape index (κ1) is 15.9. The maximum atomic E-state index is 12.5. The van der Waals surface area contributed by atoms with Gasteiger partial charge in [-0.05, 0) is 44.2 Å². The lowest BCUT2D eigenvalue weighted by atomic mass is 10.1. The lowest BCUT2D eigenvalue weighted by Crippen LogP contribution is -2.28. The highest BCUT2D eigenvalue weighted by molar-refractivity contribution is 5.95. The Hall–Kier alpha value is -2.03. The van der Waals surface area contributed by atoms with E-state index in [0.717, 1.165) is 30.0 Å². The predicted octanol–water partition coefficient (Wildman–Crippen LogP) is 4.07. The quantitative estimate of drug-likeness (QED) is 0.887. The smallest absolute Gasteiger partial charge is 0.253 e. The number of nitrogens with one attached hydrogen (secondary N) is 1. The highest BCUT2D eigenvalue weighted by atomic mass is 16.1. The molecule has 1 aromatic heterocycles. The number of hydrogen-bond acceptors (Lipinski definition) is 1. The van der Waals surface area contributed by atoms with E-state index in [4.69, 9.17) is 0 Å². The van der Waals surface area contributed by atoms with Gasteiger partial charge in [0.25, 0.3) is 5.91 Å². The van der Waals surface area contributed by atoms with Crippen molar-refractivity contribution in [3.8, 4) is 0 Å². The van der Waals surface area contributed by atoms with Gasteiger partial charge in [-0.2, -0.15) is 0 Å². The third-order valence-electron chi connectivity index (χ3n) is 5.03. The number of hydrogen-bond donors (Lipinski definition) is 1. The van der Waals surface area contributed by atoms with E-state index >= 15 is 0 Å². The van der Waals surface area contributed by atoms with E-state index in [2.05, 4.69) is 41.1 Å². The van der Waals surface area contributed by atoms with Crippen LogP contribution in [0.5, 0.6) is 0 Å². The third kappa shape index (κ3) is 3.66. The van der Waals surface area contributed by atoms with Crippen LogP contribution in [0.4, 0.5) is 0 Å². The van der Waals surface area contributed by atoms with E-state index in [0.29, 0.717) is 5.92 Å². The second-order valence-corrected chi connectivity index (χ2v) is 6.72. The highest BCUT2D eigenvalue weighted by Crippen LogP contribution is 2.24. The van der Waals surface area contributed by atoms with Crippen molar-refractivity contribution in [2.75, 3.05) is 6.54 Å². The summed E-state index contributed by atoms with van der Waals surface area (Å²) in [6, 6.07) is 12.4. The molecule has 0 atom stereocenters. The molecule has 1 amide bonds. The summed E-state index contributed by atoms with van der Waals surface area (Å²) in [6.07, 6.45) is 5.14. The third-order valence-corrected chi connectivity index (χ3v) is 5.03.